The standard InChI is InChI=1S/C12H25N3O3S/c1-11(12-3-4-12)15(9-10-18-2)19(16,17)14-7-5-13-6-8-14/h11-13H,3-10H2,1-2H3. The molecule has 2 aliphatic rings. The summed E-state index contributed by atoms with van der Waals surface area (Å²) in [7, 11) is -1.75. The highest BCUT2D eigenvalue weighted by atomic mass is 32.2. The molecule has 1 N–H and O–H groups in total. The van der Waals surface area contributed by atoms with Crippen molar-refractivity contribution in [3.05, 3.63) is 0 Å². The van der Waals surface area contributed by atoms with Gasteiger partial charge in [0.1, 0.15) is 0 Å². The Morgan fingerprint density at radius 1 is 1.37 bits per heavy atom. The third-order valence-electron chi connectivity index (χ3n) is 3.97. The molecule has 112 valence electrons. The Balaban J connectivity index is 2.09. The summed E-state index contributed by atoms with van der Waals surface area (Å²) in [6, 6.07) is 0.0787. The van der Waals surface area contributed by atoms with Gasteiger partial charge in [0.25, 0.3) is 10.2 Å². The Morgan fingerprint density at radius 2 is 2.00 bits per heavy atom. The highest BCUT2D eigenvalue weighted by Gasteiger charge is 2.40. The van der Waals surface area contributed by atoms with Crippen molar-refractivity contribution >= 4 is 10.2 Å². The quantitative estimate of drug-likeness (QED) is 0.710. The van der Waals surface area contributed by atoms with Crippen molar-refractivity contribution < 1.29 is 13.2 Å². The number of hydrogen-bond donors (Lipinski definition) is 1. The van der Waals surface area contributed by atoms with E-state index in [0.29, 0.717) is 32.2 Å². The first kappa shape index (κ1) is 15.2. The van der Waals surface area contributed by atoms with E-state index in [0.717, 1.165) is 25.9 Å². The number of ether oxygens (including phenoxy) is 1. The molecule has 1 atom stereocenters. The van der Waals surface area contributed by atoms with Crippen molar-refractivity contribution in [3.63, 3.8) is 0 Å². The van der Waals surface area contributed by atoms with E-state index in [2.05, 4.69) is 5.32 Å². The lowest BCUT2D eigenvalue weighted by Gasteiger charge is -2.35. The molecule has 1 aliphatic heterocycles. The van der Waals surface area contributed by atoms with Crippen molar-refractivity contribution in [2.24, 2.45) is 5.92 Å². The van der Waals surface area contributed by atoms with Crippen LogP contribution in [0.5, 0.6) is 0 Å². The van der Waals surface area contributed by atoms with Crippen molar-refractivity contribution in [1.82, 2.24) is 13.9 Å². The third-order valence-corrected chi connectivity index (χ3v) is 6.10. The summed E-state index contributed by atoms with van der Waals surface area (Å²) in [5.41, 5.74) is 0. The molecule has 1 saturated heterocycles. The van der Waals surface area contributed by atoms with Gasteiger partial charge in [0.05, 0.1) is 6.61 Å². The average molecular weight is 291 g/mol. The van der Waals surface area contributed by atoms with E-state index in [4.69, 9.17) is 4.74 Å². The van der Waals surface area contributed by atoms with Crippen molar-refractivity contribution in [3.8, 4) is 0 Å². The normalized spacial score (nSPS) is 23.7. The van der Waals surface area contributed by atoms with Gasteiger partial charge in [-0.3, -0.25) is 0 Å². The summed E-state index contributed by atoms with van der Waals surface area (Å²) in [6.45, 7) is 5.49. The van der Waals surface area contributed by atoms with Crippen LogP contribution >= 0.6 is 0 Å². The summed E-state index contributed by atoms with van der Waals surface area (Å²) in [5, 5.41) is 3.18. The predicted octanol–water partition coefficient (Wildman–Crippen LogP) is -0.117. The van der Waals surface area contributed by atoms with E-state index >= 15 is 0 Å². The molecular weight excluding hydrogens is 266 g/mol. The topological polar surface area (TPSA) is 61.9 Å². The van der Waals surface area contributed by atoms with Gasteiger partial charge in [-0.25, -0.2) is 0 Å². The molecule has 0 bridgehead atoms. The van der Waals surface area contributed by atoms with Gasteiger partial charge in [-0.05, 0) is 25.7 Å². The van der Waals surface area contributed by atoms with Crippen LogP contribution in [0.25, 0.3) is 0 Å². The Kier molecular flexibility index (Phi) is 5.19. The van der Waals surface area contributed by atoms with Gasteiger partial charge < -0.3 is 10.1 Å². The second-order valence-electron chi connectivity index (χ2n) is 5.34. The van der Waals surface area contributed by atoms with Crippen LogP contribution in [0.15, 0.2) is 0 Å². The van der Waals surface area contributed by atoms with E-state index < -0.39 is 10.2 Å². The minimum Gasteiger partial charge on any atom is -0.383 e. The molecule has 7 heteroatoms. The molecule has 1 heterocycles. The second kappa shape index (κ2) is 6.49. The molecule has 1 saturated carbocycles. The number of piperazine rings is 1. The molecule has 0 aromatic carbocycles. The summed E-state index contributed by atoms with van der Waals surface area (Å²) in [4.78, 5) is 0. The molecule has 0 radical (unpaired) electrons. The number of nitrogens with one attached hydrogen (secondary N) is 1. The van der Waals surface area contributed by atoms with E-state index in [1.807, 2.05) is 6.92 Å². The van der Waals surface area contributed by atoms with Gasteiger partial charge in [0.2, 0.25) is 0 Å². The van der Waals surface area contributed by atoms with Crippen LogP contribution in [-0.4, -0.2) is 69.5 Å². The summed E-state index contributed by atoms with van der Waals surface area (Å²) >= 11 is 0. The van der Waals surface area contributed by atoms with E-state index in [1.54, 1.807) is 15.7 Å². The molecule has 0 amide bonds. The van der Waals surface area contributed by atoms with Gasteiger partial charge >= 0.3 is 0 Å². The molecule has 6 nitrogen and oxygen atoms in total. The zero-order valence-corrected chi connectivity index (χ0v) is 12.7. The number of nitrogens with zero attached hydrogens (tertiary/aromatic N) is 2. The smallest absolute Gasteiger partial charge is 0.282 e. The van der Waals surface area contributed by atoms with Crippen LogP contribution in [0.1, 0.15) is 19.8 Å². The largest absolute Gasteiger partial charge is 0.383 e. The molecule has 1 aliphatic carbocycles. The maximum atomic E-state index is 12.7. The Morgan fingerprint density at radius 3 is 2.53 bits per heavy atom. The maximum absolute atomic E-state index is 12.7. The first-order chi connectivity index (χ1) is 9.07. The molecule has 0 spiro atoms. The fourth-order valence-corrected chi connectivity index (χ4v) is 4.39. The number of hydrogen-bond acceptors (Lipinski definition) is 4. The highest BCUT2D eigenvalue weighted by Crippen LogP contribution is 2.36. The average Bonchev–Trinajstić information content (AvgIpc) is 3.24. The summed E-state index contributed by atoms with van der Waals surface area (Å²) < 4.78 is 33.8. The fourth-order valence-electron chi connectivity index (χ4n) is 2.55. The SMILES string of the molecule is COCCN(C(C)C1CC1)S(=O)(=O)N1CCNCC1. The van der Waals surface area contributed by atoms with Gasteiger partial charge in [-0.15, -0.1) is 0 Å². The van der Waals surface area contributed by atoms with Crippen LogP contribution in [0.2, 0.25) is 0 Å². The lowest BCUT2D eigenvalue weighted by molar-refractivity contribution is 0.158. The Hall–Kier alpha value is -0.210. The van der Waals surface area contributed by atoms with E-state index in [1.165, 1.54) is 0 Å². The lowest BCUT2D eigenvalue weighted by Crippen LogP contribution is -2.54. The van der Waals surface area contributed by atoms with E-state index in [9.17, 15) is 8.42 Å². The first-order valence-corrected chi connectivity index (χ1v) is 8.43. The third kappa shape index (κ3) is 3.66. The molecule has 2 fully saturated rings. The van der Waals surface area contributed by atoms with Crippen molar-refractivity contribution in [2.45, 2.75) is 25.8 Å². The molecule has 2 rings (SSSR count). The van der Waals surface area contributed by atoms with Crippen LogP contribution in [-0.2, 0) is 14.9 Å². The molecule has 0 aromatic heterocycles. The molecular formula is C12H25N3O3S. The van der Waals surface area contributed by atoms with Crippen molar-refractivity contribution in [2.75, 3.05) is 46.4 Å². The zero-order valence-electron chi connectivity index (χ0n) is 11.8. The Labute approximate surface area is 116 Å². The molecule has 1 unspecified atom stereocenters. The van der Waals surface area contributed by atoms with Crippen LogP contribution < -0.4 is 5.32 Å². The highest BCUT2D eigenvalue weighted by molar-refractivity contribution is 7.86. The number of methoxy groups -OCH3 is 1. The summed E-state index contributed by atoms with van der Waals surface area (Å²) in [5.74, 6) is 0.523. The van der Waals surface area contributed by atoms with E-state index in [-0.39, 0.29) is 6.04 Å². The van der Waals surface area contributed by atoms with Gasteiger partial charge in [0, 0.05) is 45.9 Å². The summed E-state index contributed by atoms with van der Waals surface area (Å²) in [6.07, 6.45) is 2.28. The predicted molar refractivity (Wildman–Crippen MR) is 74.1 cm³/mol. The first-order valence-electron chi connectivity index (χ1n) is 7.04. The Bertz CT molecular complexity index is 378. The monoisotopic (exact) mass is 291 g/mol. The second-order valence-corrected chi connectivity index (χ2v) is 7.22. The van der Waals surface area contributed by atoms with Crippen LogP contribution in [0.4, 0.5) is 0 Å². The maximum Gasteiger partial charge on any atom is 0.282 e. The van der Waals surface area contributed by atoms with Crippen LogP contribution in [0.3, 0.4) is 0 Å². The molecule has 0 aromatic rings. The zero-order chi connectivity index (χ0) is 13.9. The van der Waals surface area contributed by atoms with Gasteiger partial charge in [-0.2, -0.15) is 17.0 Å². The minimum absolute atomic E-state index is 0.0787. The number of rotatable bonds is 7. The molecule has 19 heavy (non-hydrogen) atoms. The van der Waals surface area contributed by atoms with Gasteiger partial charge in [0.15, 0.2) is 0 Å². The minimum atomic E-state index is -3.35. The van der Waals surface area contributed by atoms with Crippen LogP contribution in [0, 0.1) is 5.92 Å². The lowest BCUT2D eigenvalue weighted by atomic mass is 10.2. The van der Waals surface area contributed by atoms with Crippen molar-refractivity contribution in [1.29, 1.82) is 0 Å². The van der Waals surface area contributed by atoms with Gasteiger partial charge in [-0.1, -0.05) is 0 Å². The fraction of sp³-hybridized carbons (Fsp3) is 1.00.